The van der Waals surface area contributed by atoms with Crippen molar-refractivity contribution in [2.75, 3.05) is 6.54 Å². The molecule has 8 heteroatoms. The van der Waals surface area contributed by atoms with Crippen LogP contribution in [0.4, 0.5) is 0 Å². The van der Waals surface area contributed by atoms with Crippen LogP contribution in [0.3, 0.4) is 0 Å². The summed E-state index contributed by atoms with van der Waals surface area (Å²) in [5.41, 5.74) is 0. The fourth-order valence-corrected chi connectivity index (χ4v) is 4.86. The first kappa shape index (κ1) is 16.7. The maximum Gasteiger partial charge on any atom is 0.322 e. The lowest BCUT2D eigenvalue weighted by atomic mass is 10.0. The van der Waals surface area contributed by atoms with Gasteiger partial charge < -0.3 is 5.11 Å². The van der Waals surface area contributed by atoms with E-state index in [0.717, 1.165) is 30.0 Å². The molecule has 2 N–H and O–H groups in total. The van der Waals surface area contributed by atoms with E-state index in [0.29, 0.717) is 12.8 Å². The molecule has 21 heavy (non-hydrogen) atoms. The number of piperidine rings is 2. The molecule has 0 bridgehead atoms. The number of aliphatic carboxylic acids is 1. The lowest BCUT2D eigenvalue weighted by Gasteiger charge is -2.41. The lowest BCUT2D eigenvalue weighted by Crippen LogP contribution is -2.60. The molecule has 0 aromatic rings. The first-order valence-corrected chi connectivity index (χ1v) is 9.07. The van der Waals surface area contributed by atoms with Gasteiger partial charge in [-0.2, -0.15) is 12.7 Å². The van der Waals surface area contributed by atoms with E-state index >= 15 is 0 Å². The van der Waals surface area contributed by atoms with Crippen LogP contribution in [-0.2, 0) is 15.0 Å². The van der Waals surface area contributed by atoms with Gasteiger partial charge in [-0.1, -0.05) is 6.42 Å². The Labute approximate surface area is 126 Å². The molecule has 2 aliphatic rings. The number of hydrazine groups is 1. The van der Waals surface area contributed by atoms with E-state index in [4.69, 9.17) is 0 Å². The maximum atomic E-state index is 12.6. The quantitative estimate of drug-likeness (QED) is 0.805. The SMILES string of the molecule is CC1CCCC(C)N1NS(=O)(=O)N1CCCCC1C(=O)O. The monoisotopic (exact) mass is 319 g/mol. The third kappa shape index (κ3) is 3.74. The van der Waals surface area contributed by atoms with Crippen molar-refractivity contribution in [1.82, 2.24) is 14.1 Å². The van der Waals surface area contributed by atoms with Crippen molar-refractivity contribution >= 4 is 16.2 Å². The number of nitrogens with one attached hydrogen (secondary N) is 1. The van der Waals surface area contributed by atoms with E-state index in [2.05, 4.69) is 4.83 Å². The summed E-state index contributed by atoms with van der Waals surface area (Å²) in [5.74, 6) is -1.07. The fraction of sp³-hybridized carbons (Fsp3) is 0.923. The average Bonchev–Trinajstić information content (AvgIpc) is 2.43. The van der Waals surface area contributed by atoms with Crippen molar-refractivity contribution in [3.8, 4) is 0 Å². The zero-order valence-corrected chi connectivity index (χ0v) is 13.5. The number of hydrogen-bond donors (Lipinski definition) is 2. The van der Waals surface area contributed by atoms with E-state index in [1.165, 1.54) is 0 Å². The average molecular weight is 319 g/mol. The van der Waals surface area contributed by atoms with Crippen LogP contribution in [0.25, 0.3) is 0 Å². The van der Waals surface area contributed by atoms with Gasteiger partial charge in [0.15, 0.2) is 0 Å². The van der Waals surface area contributed by atoms with Crippen LogP contribution in [0.2, 0.25) is 0 Å². The van der Waals surface area contributed by atoms with E-state index in [1.807, 2.05) is 13.8 Å². The highest BCUT2D eigenvalue weighted by Gasteiger charge is 2.39. The molecule has 2 fully saturated rings. The van der Waals surface area contributed by atoms with Crippen molar-refractivity contribution < 1.29 is 18.3 Å². The molecule has 2 aliphatic heterocycles. The Hall–Kier alpha value is -0.700. The smallest absolute Gasteiger partial charge is 0.322 e. The van der Waals surface area contributed by atoms with Gasteiger partial charge in [0.05, 0.1) is 0 Å². The molecule has 2 heterocycles. The zero-order valence-electron chi connectivity index (χ0n) is 12.7. The van der Waals surface area contributed by atoms with Gasteiger partial charge in [0.25, 0.3) is 10.2 Å². The molecule has 3 unspecified atom stereocenters. The van der Waals surface area contributed by atoms with Crippen LogP contribution < -0.4 is 4.83 Å². The minimum Gasteiger partial charge on any atom is -0.480 e. The summed E-state index contributed by atoms with van der Waals surface area (Å²) in [6, 6.07) is -0.708. The lowest BCUT2D eigenvalue weighted by molar-refractivity contribution is -0.142. The molecule has 122 valence electrons. The highest BCUT2D eigenvalue weighted by atomic mass is 32.2. The molecule has 0 saturated carbocycles. The molecule has 2 rings (SSSR count). The highest BCUT2D eigenvalue weighted by molar-refractivity contribution is 7.87. The first-order chi connectivity index (χ1) is 9.83. The van der Waals surface area contributed by atoms with E-state index in [-0.39, 0.29) is 18.6 Å². The highest BCUT2D eigenvalue weighted by Crippen LogP contribution is 2.24. The normalized spacial score (nSPS) is 33.0. The van der Waals surface area contributed by atoms with Crippen LogP contribution in [-0.4, -0.2) is 53.5 Å². The summed E-state index contributed by atoms with van der Waals surface area (Å²) in [7, 11) is -3.81. The van der Waals surface area contributed by atoms with Gasteiger partial charge >= 0.3 is 5.97 Å². The van der Waals surface area contributed by atoms with Crippen LogP contribution >= 0.6 is 0 Å². The zero-order chi connectivity index (χ0) is 15.6. The van der Waals surface area contributed by atoms with Crippen molar-refractivity contribution in [2.24, 2.45) is 0 Å². The number of hydrogen-bond acceptors (Lipinski definition) is 4. The van der Waals surface area contributed by atoms with Gasteiger partial charge in [-0.05, 0) is 46.0 Å². The Morgan fingerprint density at radius 2 is 1.71 bits per heavy atom. The third-order valence-electron chi connectivity index (χ3n) is 4.46. The second kappa shape index (κ2) is 6.60. The van der Waals surface area contributed by atoms with Crippen molar-refractivity contribution in [2.45, 2.75) is 70.5 Å². The van der Waals surface area contributed by atoms with Crippen LogP contribution in [0.15, 0.2) is 0 Å². The standard InChI is InChI=1S/C13H25N3O4S/c1-10-6-5-7-11(2)16(10)14-21(19,20)15-9-4-3-8-12(15)13(17)18/h10-12,14H,3-9H2,1-2H3,(H,17,18). The second-order valence-corrected chi connectivity index (χ2v) is 7.69. The molecule has 2 saturated heterocycles. The second-order valence-electron chi connectivity index (χ2n) is 6.09. The molecule has 0 amide bonds. The molecular weight excluding hydrogens is 294 g/mol. The summed E-state index contributed by atoms with van der Waals surface area (Å²) < 4.78 is 26.2. The Balaban J connectivity index is 2.14. The first-order valence-electron chi connectivity index (χ1n) is 7.63. The van der Waals surface area contributed by atoms with Gasteiger partial charge in [0.1, 0.15) is 6.04 Å². The summed E-state index contributed by atoms with van der Waals surface area (Å²) in [5, 5.41) is 11.0. The van der Waals surface area contributed by atoms with E-state index in [1.54, 1.807) is 5.01 Å². The summed E-state index contributed by atoms with van der Waals surface area (Å²) in [4.78, 5) is 13.9. The predicted molar refractivity (Wildman–Crippen MR) is 78.7 cm³/mol. The van der Waals surface area contributed by atoms with Gasteiger partial charge in [0, 0.05) is 18.6 Å². The van der Waals surface area contributed by atoms with Gasteiger partial charge in [0.2, 0.25) is 0 Å². The third-order valence-corrected chi connectivity index (χ3v) is 5.96. The number of carboxylic acids is 1. The van der Waals surface area contributed by atoms with Crippen molar-refractivity contribution in [1.29, 1.82) is 0 Å². The maximum absolute atomic E-state index is 12.6. The van der Waals surface area contributed by atoms with Crippen LogP contribution in [0, 0.1) is 0 Å². The number of carbonyl (C=O) groups is 1. The molecule has 0 aromatic heterocycles. The Morgan fingerprint density at radius 3 is 2.29 bits per heavy atom. The van der Waals surface area contributed by atoms with E-state index in [9.17, 15) is 18.3 Å². The number of nitrogens with zero attached hydrogens (tertiary/aromatic N) is 2. The van der Waals surface area contributed by atoms with Crippen LogP contribution in [0.1, 0.15) is 52.4 Å². The Kier molecular flexibility index (Phi) is 5.24. The Bertz CT molecular complexity index is 472. The molecule has 0 radical (unpaired) electrons. The number of carboxylic acid groups (broad SMARTS) is 1. The van der Waals surface area contributed by atoms with Crippen molar-refractivity contribution in [3.63, 3.8) is 0 Å². The largest absolute Gasteiger partial charge is 0.480 e. The summed E-state index contributed by atoms with van der Waals surface area (Å²) >= 11 is 0. The fourth-order valence-electron chi connectivity index (χ4n) is 3.23. The summed E-state index contributed by atoms with van der Waals surface area (Å²) in [6.07, 6.45) is 4.79. The molecule has 3 atom stereocenters. The van der Waals surface area contributed by atoms with Crippen molar-refractivity contribution in [3.05, 3.63) is 0 Å². The van der Waals surface area contributed by atoms with Gasteiger partial charge in [-0.15, -0.1) is 4.83 Å². The summed E-state index contributed by atoms with van der Waals surface area (Å²) in [6.45, 7) is 4.25. The Morgan fingerprint density at radius 1 is 1.10 bits per heavy atom. The topological polar surface area (TPSA) is 90.0 Å². The van der Waals surface area contributed by atoms with Crippen LogP contribution in [0.5, 0.6) is 0 Å². The molecule has 0 aliphatic carbocycles. The van der Waals surface area contributed by atoms with Gasteiger partial charge in [-0.3, -0.25) is 4.79 Å². The van der Waals surface area contributed by atoms with E-state index < -0.39 is 22.2 Å². The minimum atomic E-state index is -3.81. The minimum absolute atomic E-state index is 0.122. The molecule has 0 spiro atoms. The molecule has 0 aromatic carbocycles. The van der Waals surface area contributed by atoms with Gasteiger partial charge in [-0.25, -0.2) is 5.01 Å². The molecule has 7 nitrogen and oxygen atoms in total. The number of rotatable bonds is 4. The predicted octanol–water partition coefficient (Wildman–Crippen LogP) is 0.938. The molecular formula is C13H25N3O4S.